The molecule has 17 heavy (non-hydrogen) atoms. The zero-order valence-corrected chi connectivity index (χ0v) is 10.4. The first-order valence-electron chi connectivity index (χ1n) is 6.56. The molecule has 0 spiro atoms. The van der Waals surface area contributed by atoms with Crippen LogP contribution in [0.1, 0.15) is 42.3 Å². The van der Waals surface area contributed by atoms with Gasteiger partial charge in [-0.2, -0.15) is 0 Å². The highest BCUT2D eigenvalue weighted by molar-refractivity contribution is 5.39. The number of nitrogens with zero attached hydrogens (tertiary/aromatic N) is 1. The Kier molecular flexibility index (Phi) is 2.68. The van der Waals surface area contributed by atoms with Crippen molar-refractivity contribution < 1.29 is 0 Å². The highest BCUT2D eigenvalue weighted by Crippen LogP contribution is 2.50. The van der Waals surface area contributed by atoms with Crippen molar-refractivity contribution in [2.24, 2.45) is 5.92 Å². The van der Waals surface area contributed by atoms with Crippen LogP contribution in [0.2, 0.25) is 0 Å². The highest BCUT2D eigenvalue weighted by Gasteiger charge is 2.39. The zero-order chi connectivity index (χ0) is 11.8. The number of rotatable bonds is 2. The van der Waals surface area contributed by atoms with Crippen molar-refractivity contribution in [3.05, 3.63) is 35.4 Å². The molecule has 3 unspecified atom stereocenters. The van der Waals surface area contributed by atoms with Gasteiger partial charge in [-0.05, 0) is 49.9 Å². The molecule has 1 aromatic rings. The predicted octanol–water partition coefficient (Wildman–Crippen LogP) is 3.19. The van der Waals surface area contributed by atoms with Gasteiger partial charge in [-0.1, -0.05) is 24.3 Å². The molecule has 3 rings (SSSR count). The van der Waals surface area contributed by atoms with E-state index in [2.05, 4.69) is 42.1 Å². The molecule has 88 valence electrons. The lowest BCUT2D eigenvalue weighted by Gasteiger charge is -2.22. The molecule has 2 fully saturated rings. The molecular formula is C16H19N. The lowest BCUT2D eigenvalue weighted by molar-refractivity contribution is 0.316. The minimum absolute atomic E-state index is 0.489. The van der Waals surface area contributed by atoms with Crippen molar-refractivity contribution >= 4 is 0 Å². The first-order valence-corrected chi connectivity index (χ1v) is 6.56. The van der Waals surface area contributed by atoms with E-state index in [0.717, 1.165) is 0 Å². The summed E-state index contributed by atoms with van der Waals surface area (Å²) in [4.78, 5) is 2.48. The summed E-state index contributed by atoms with van der Waals surface area (Å²) >= 11 is 0. The van der Waals surface area contributed by atoms with E-state index in [1.807, 2.05) is 0 Å². The molecule has 0 aromatic heterocycles. The van der Waals surface area contributed by atoms with Gasteiger partial charge in [-0.15, -0.1) is 12.3 Å². The Bertz CT molecular complexity index is 457. The van der Waals surface area contributed by atoms with Crippen LogP contribution in [-0.2, 0) is 0 Å². The monoisotopic (exact) mass is 225 g/mol. The molecule has 1 saturated carbocycles. The van der Waals surface area contributed by atoms with Crippen molar-refractivity contribution in [2.75, 3.05) is 13.6 Å². The van der Waals surface area contributed by atoms with Crippen LogP contribution in [0.4, 0.5) is 0 Å². The fourth-order valence-electron chi connectivity index (χ4n) is 3.18. The van der Waals surface area contributed by atoms with Crippen LogP contribution in [-0.4, -0.2) is 18.5 Å². The number of likely N-dealkylation sites (tertiary alicyclic amines) is 1. The predicted molar refractivity (Wildman–Crippen MR) is 70.7 cm³/mol. The van der Waals surface area contributed by atoms with Crippen LogP contribution in [0.5, 0.6) is 0 Å². The SMILES string of the molecule is C#CC1CC1c1ccccc1C1CCCN1C. The summed E-state index contributed by atoms with van der Waals surface area (Å²) in [6.45, 7) is 1.22. The summed E-state index contributed by atoms with van der Waals surface area (Å²) in [5.74, 6) is 4.02. The van der Waals surface area contributed by atoms with Gasteiger partial charge < -0.3 is 0 Å². The Hall–Kier alpha value is -1.26. The first-order chi connectivity index (χ1) is 8.31. The van der Waals surface area contributed by atoms with Crippen LogP contribution in [0.25, 0.3) is 0 Å². The lowest BCUT2D eigenvalue weighted by Crippen LogP contribution is -2.18. The normalized spacial score (nSPS) is 32.4. The minimum Gasteiger partial charge on any atom is -0.299 e. The molecule has 1 saturated heterocycles. The largest absolute Gasteiger partial charge is 0.299 e. The van der Waals surface area contributed by atoms with Gasteiger partial charge in [0, 0.05) is 12.0 Å². The highest BCUT2D eigenvalue weighted by atomic mass is 15.1. The van der Waals surface area contributed by atoms with Crippen molar-refractivity contribution in [3.8, 4) is 12.3 Å². The molecular weight excluding hydrogens is 206 g/mol. The minimum atomic E-state index is 0.489. The van der Waals surface area contributed by atoms with Crippen LogP contribution < -0.4 is 0 Å². The third kappa shape index (κ3) is 1.87. The number of hydrogen-bond donors (Lipinski definition) is 0. The van der Waals surface area contributed by atoms with E-state index in [4.69, 9.17) is 6.42 Å². The first kappa shape index (κ1) is 10.9. The van der Waals surface area contributed by atoms with Gasteiger partial charge in [0.05, 0.1) is 0 Å². The third-order valence-corrected chi connectivity index (χ3v) is 4.28. The van der Waals surface area contributed by atoms with E-state index in [9.17, 15) is 0 Å². The molecule has 1 aliphatic carbocycles. The zero-order valence-electron chi connectivity index (χ0n) is 10.4. The average molecular weight is 225 g/mol. The molecule has 0 N–H and O–H groups in total. The molecule has 1 heteroatoms. The second-order valence-electron chi connectivity index (χ2n) is 5.38. The van der Waals surface area contributed by atoms with Crippen LogP contribution in [0, 0.1) is 18.3 Å². The Morgan fingerprint density at radius 1 is 1.29 bits per heavy atom. The van der Waals surface area contributed by atoms with E-state index in [1.165, 1.54) is 36.9 Å². The summed E-state index contributed by atoms with van der Waals surface area (Å²) in [5, 5.41) is 0. The summed E-state index contributed by atoms with van der Waals surface area (Å²) in [5.41, 5.74) is 3.03. The van der Waals surface area contributed by atoms with E-state index in [-0.39, 0.29) is 0 Å². The maximum absolute atomic E-state index is 5.53. The second kappa shape index (κ2) is 4.20. The van der Waals surface area contributed by atoms with Gasteiger partial charge in [0.25, 0.3) is 0 Å². The van der Waals surface area contributed by atoms with E-state index in [1.54, 1.807) is 0 Å². The fraction of sp³-hybridized carbons (Fsp3) is 0.500. The van der Waals surface area contributed by atoms with Crippen molar-refractivity contribution in [1.82, 2.24) is 4.90 Å². The summed E-state index contributed by atoms with van der Waals surface area (Å²) in [6.07, 6.45) is 9.33. The molecule has 0 bridgehead atoms. The molecule has 2 aliphatic rings. The van der Waals surface area contributed by atoms with Gasteiger partial charge in [-0.25, -0.2) is 0 Å². The molecule has 1 aliphatic heterocycles. The summed E-state index contributed by atoms with van der Waals surface area (Å²) < 4.78 is 0. The van der Waals surface area contributed by atoms with Gasteiger partial charge in [0.15, 0.2) is 0 Å². The average Bonchev–Trinajstić information content (AvgIpc) is 3.03. The van der Waals surface area contributed by atoms with E-state index >= 15 is 0 Å². The van der Waals surface area contributed by atoms with Gasteiger partial charge in [-0.3, -0.25) is 4.90 Å². The van der Waals surface area contributed by atoms with E-state index in [0.29, 0.717) is 17.9 Å². The maximum atomic E-state index is 5.53. The number of hydrogen-bond acceptors (Lipinski definition) is 1. The molecule has 0 amide bonds. The fourth-order valence-corrected chi connectivity index (χ4v) is 3.18. The topological polar surface area (TPSA) is 3.24 Å². The standard InChI is InChI=1S/C16H19N/c1-3-12-11-15(12)13-7-4-5-8-14(13)16-9-6-10-17(16)2/h1,4-5,7-8,12,15-16H,6,9-11H2,2H3. The second-order valence-corrected chi connectivity index (χ2v) is 5.38. The van der Waals surface area contributed by atoms with Crippen molar-refractivity contribution in [1.29, 1.82) is 0 Å². The van der Waals surface area contributed by atoms with Gasteiger partial charge in [0.2, 0.25) is 0 Å². The van der Waals surface area contributed by atoms with Crippen LogP contribution in [0.3, 0.4) is 0 Å². The number of benzene rings is 1. The Morgan fingerprint density at radius 3 is 2.65 bits per heavy atom. The molecule has 1 heterocycles. The smallest absolute Gasteiger partial charge is 0.0348 e. The molecule has 1 aromatic carbocycles. The Morgan fingerprint density at radius 2 is 2.06 bits per heavy atom. The molecule has 1 nitrogen and oxygen atoms in total. The summed E-state index contributed by atoms with van der Waals surface area (Å²) in [6, 6.07) is 9.51. The molecule has 0 radical (unpaired) electrons. The van der Waals surface area contributed by atoms with Crippen LogP contribution in [0.15, 0.2) is 24.3 Å². The Balaban J connectivity index is 1.92. The quantitative estimate of drug-likeness (QED) is 0.699. The third-order valence-electron chi connectivity index (χ3n) is 4.28. The lowest BCUT2D eigenvalue weighted by atomic mass is 9.95. The molecule has 3 atom stereocenters. The Labute approximate surface area is 104 Å². The van der Waals surface area contributed by atoms with Crippen molar-refractivity contribution in [3.63, 3.8) is 0 Å². The van der Waals surface area contributed by atoms with Gasteiger partial charge in [0.1, 0.15) is 0 Å². The van der Waals surface area contributed by atoms with Crippen LogP contribution >= 0.6 is 0 Å². The van der Waals surface area contributed by atoms with Gasteiger partial charge >= 0.3 is 0 Å². The number of terminal acetylenes is 1. The van der Waals surface area contributed by atoms with E-state index < -0.39 is 0 Å². The maximum Gasteiger partial charge on any atom is 0.0348 e. The summed E-state index contributed by atoms with van der Waals surface area (Å²) in [7, 11) is 2.24. The van der Waals surface area contributed by atoms with Crippen molar-refractivity contribution in [2.45, 2.75) is 31.2 Å².